The molecule has 3 rings (SSSR count). The second-order valence-corrected chi connectivity index (χ2v) is 7.37. The summed E-state index contributed by atoms with van der Waals surface area (Å²) in [5.41, 5.74) is 1.67. The fourth-order valence-corrected chi connectivity index (χ4v) is 3.77. The van der Waals surface area contributed by atoms with Crippen LogP contribution in [0.3, 0.4) is 0 Å². The number of rotatable bonds is 7. The number of fused-ring (bicyclic) bond motifs is 1. The van der Waals surface area contributed by atoms with E-state index in [9.17, 15) is 9.18 Å². The highest BCUT2D eigenvalue weighted by atomic mass is 19.1. The summed E-state index contributed by atoms with van der Waals surface area (Å²) in [5.74, 6) is 0.696. The summed E-state index contributed by atoms with van der Waals surface area (Å²) in [6.45, 7) is 5.30. The number of ether oxygens (including phenoxy) is 1. The number of benzene rings is 1. The summed E-state index contributed by atoms with van der Waals surface area (Å²) in [7, 11) is 1.64. The topological polar surface area (TPSA) is 45.7 Å². The van der Waals surface area contributed by atoms with Crippen LogP contribution in [0.4, 0.5) is 10.2 Å². The largest absolute Gasteiger partial charge is 0.383 e. The second-order valence-electron chi connectivity index (χ2n) is 7.37. The molecule has 1 amide bonds. The van der Waals surface area contributed by atoms with Crippen molar-refractivity contribution in [2.75, 3.05) is 38.3 Å². The Morgan fingerprint density at radius 3 is 2.64 bits per heavy atom. The molecule has 0 spiro atoms. The van der Waals surface area contributed by atoms with Gasteiger partial charge < -0.3 is 14.5 Å². The number of carbonyl (C=O) groups is 1. The monoisotopic (exact) mass is 387 g/mol. The van der Waals surface area contributed by atoms with E-state index >= 15 is 0 Å². The number of carbonyl (C=O) groups excluding carboxylic acids is 1. The van der Waals surface area contributed by atoms with Crippen molar-refractivity contribution in [3.63, 3.8) is 0 Å². The smallest absolute Gasteiger partial charge is 0.222 e. The number of anilines is 1. The lowest BCUT2D eigenvalue weighted by molar-refractivity contribution is -0.132. The first-order valence-corrected chi connectivity index (χ1v) is 10.2. The van der Waals surface area contributed by atoms with Gasteiger partial charge in [-0.2, -0.15) is 0 Å². The highest BCUT2D eigenvalue weighted by Crippen LogP contribution is 2.27. The van der Waals surface area contributed by atoms with Crippen molar-refractivity contribution in [2.24, 2.45) is 0 Å². The number of hydrogen-bond acceptors (Lipinski definition) is 4. The molecule has 1 aromatic heterocycles. The van der Waals surface area contributed by atoms with Crippen LogP contribution in [0.15, 0.2) is 24.3 Å². The van der Waals surface area contributed by atoms with Gasteiger partial charge in [0.25, 0.3) is 0 Å². The van der Waals surface area contributed by atoms with Crippen LogP contribution in [0.2, 0.25) is 0 Å². The molecule has 0 radical (unpaired) electrons. The van der Waals surface area contributed by atoms with Gasteiger partial charge in [-0.25, -0.2) is 9.37 Å². The highest BCUT2D eigenvalue weighted by molar-refractivity contribution is 5.82. The van der Waals surface area contributed by atoms with Crippen molar-refractivity contribution in [2.45, 2.75) is 45.6 Å². The summed E-state index contributed by atoms with van der Waals surface area (Å²) < 4.78 is 18.9. The van der Waals surface area contributed by atoms with Crippen molar-refractivity contribution in [1.82, 2.24) is 9.88 Å². The lowest BCUT2D eigenvalue weighted by Gasteiger charge is -2.28. The standard InChI is InChI=1S/C22H30FN3O2/c1-3-21(27)26(12-13-28-2)16-18-14-17-8-9-19(23)15-20(17)24-22(18)25-10-6-4-5-7-11-25/h8-9,14-15H,3-7,10-13,16H2,1-2H3. The van der Waals surface area contributed by atoms with E-state index < -0.39 is 0 Å². The number of halogens is 1. The molecule has 1 aliphatic heterocycles. The normalized spacial score (nSPS) is 14.9. The van der Waals surface area contributed by atoms with E-state index in [1.54, 1.807) is 13.2 Å². The zero-order valence-corrected chi connectivity index (χ0v) is 16.9. The molecule has 0 unspecified atom stereocenters. The molecule has 1 fully saturated rings. The molecule has 0 atom stereocenters. The van der Waals surface area contributed by atoms with Gasteiger partial charge >= 0.3 is 0 Å². The van der Waals surface area contributed by atoms with Crippen molar-refractivity contribution in [1.29, 1.82) is 0 Å². The third kappa shape index (κ3) is 4.98. The van der Waals surface area contributed by atoms with Crippen molar-refractivity contribution in [3.8, 4) is 0 Å². The van der Waals surface area contributed by atoms with Gasteiger partial charge in [-0.05, 0) is 31.0 Å². The minimum atomic E-state index is -0.280. The predicted molar refractivity (Wildman–Crippen MR) is 110 cm³/mol. The number of pyridine rings is 1. The van der Waals surface area contributed by atoms with Gasteiger partial charge in [0, 0.05) is 56.7 Å². The maximum Gasteiger partial charge on any atom is 0.222 e. The minimum absolute atomic E-state index is 0.0954. The van der Waals surface area contributed by atoms with Crippen LogP contribution in [0.1, 0.15) is 44.6 Å². The van der Waals surface area contributed by atoms with Gasteiger partial charge in [-0.15, -0.1) is 0 Å². The van der Waals surface area contributed by atoms with Gasteiger partial charge in [0.05, 0.1) is 12.1 Å². The second kappa shape index (κ2) is 9.82. The average molecular weight is 387 g/mol. The maximum absolute atomic E-state index is 13.8. The van der Waals surface area contributed by atoms with Crippen molar-refractivity contribution >= 4 is 22.6 Å². The molecule has 152 valence electrons. The fourth-order valence-electron chi connectivity index (χ4n) is 3.77. The van der Waals surface area contributed by atoms with E-state index in [1.807, 2.05) is 11.8 Å². The van der Waals surface area contributed by atoms with Crippen molar-refractivity contribution < 1.29 is 13.9 Å². The molecule has 2 aromatic rings. The molecule has 0 N–H and O–H groups in total. The van der Waals surface area contributed by atoms with Crippen LogP contribution >= 0.6 is 0 Å². The Balaban J connectivity index is 2.00. The zero-order chi connectivity index (χ0) is 19.9. The Hall–Kier alpha value is -2.21. The maximum atomic E-state index is 13.8. The van der Waals surface area contributed by atoms with Crippen LogP contribution in [0, 0.1) is 5.82 Å². The molecule has 0 aliphatic carbocycles. The Labute approximate surface area is 166 Å². The number of methoxy groups -OCH3 is 1. The zero-order valence-electron chi connectivity index (χ0n) is 16.9. The average Bonchev–Trinajstić information content (AvgIpc) is 2.99. The van der Waals surface area contributed by atoms with Gasteiger partial charge in [0.15, 0.2) is 0 Å². The highest BCUT2D eigenvalue weighted by Gasteiger charge is 2.20. The van der Waals surface area contributed by atoms with Crippen molar-refractivity contribution in [3.05, 3.63) is 35.6 Å². The van der Waals surface area contributed by atoms with Gasteiger partial charge in [-0.1, -0.05) is 19.8 Å². The molecule has 6 heteroatoms. The SMILES string of the molecule is CCC(=O)N(CCOC)Cc1cc2ccc(F)cc2nc1N1CCCCCC1. The Kier molecular flexibility index (Phi) is 7.20. The molecule has 5 nitrogen and oxygen atoms in total. The molecular formula is C22H30FN3O2. The van der Waals surface area contributed by atoms with Crippen LogP contribution in [-0.4, -0.2) is 49.1 Å². The summed E-state index contributed by atoms with van der Waals surface area (Å²) in [4.78, 5) is 21.4. The lowest BCUT2D eigenvalue weighted by Crippen LogP contribution is -2.34. The third-order valence-electron chi connectivity index (χ3n) is 5.32. The summed E-state index contributed by atoms with van der Waals surface area (Å²) >= 11 is 0. The lowest BCUT2D eigenvalue weighted by atomic mass is 10.1. The molecule has 1 aliphatic rings. The number of aromatic nitrogens is 1. The predicted octanol–water partition coefficient (Wildman–Crippen LogP) is 4.14. The number of nitrogens with zero attached hydrogens (tertiary/aromatic N) is 3. The van der Waals surface area contributed by atoms with Gasteiger partial charge in [-0.3, -0.25) is 4.79 Å². The Morgan fingerprint density at radius 1 is 1.21 bits per heavy atom. The van der Waals surface area contributed by atoms with E-state index in [2.05, 4.69) is 11.0 Å². The summed E-state index contributed by atoms with van der Waals surface area (Å²) in [5, 5.41) is 0.894. The first kappa shape index (κ1) is 20.5. The van der Waals surface area contributed by atoms with Gasteiger partial charge in [0.2, 0.25) is 5.91 Å². The molecule has 1 saturated heterocycles. The molecule has 0 saturated carbocycles. The van der Waals surface area contributed by atoms with Crippen LogP contribution < -0.4 is 4.90 Å². The molecule has 0 bridgehead atoms. The van der Waals surface area contributed by atoms with Gasteiger partial charge in [0.1, 0.15) is 11.6 Å². The number of hydrogen-bond donors (Lipinski definition) is 0. The number of amides is 1. The first-order chi connectivity index (χ1) is 13.6. The van der Waals surface area contributed by atoms with E-state index in [0.29, 0.717) is 31.6 Å². The van der Waals surface area contributed by atoms with E-state index in [4.69, 9.17) is 9.72 Å². The fraction of sp³-hybridized carbons (Fsp3) is 0.545. The van der Waals surface area contributed by atoms with E-state index in [-0.39, 0.29) is 11.7 Å². The van der Waals surface area contributed by atoms with E-state index in [0.717, 1.165) is 42.7 Å². The summed E-state index contributed by atoms with van der Waals surface area (Å²) in [6, 6.07) is 6.76. The van der Waals surface area contributed by atoms with Crippen LogP contribution in [-0.2, 0) is 16.1 Å². The summed E-state index contributed by atoms with van der Waals surface area (Å²) in [6.07, 6.45) is 5.16. The van der Waals surface area contributed by atoms with Crippen LogP contribution in [0.5, 0.6) is 0 Å². The molecule has 1 aromatic carbocycles. The molecule has 2 heterocycles. The minimum Gasteiger partial charge on any atom is -0.383 e. The molecule has 28 heavy (non-hydrogen) atoms. The quantitative estimate of drug-likeness (QED) is 0.716. The Bertz CT molecular complexity index is 804. The third-order valence-corrected chi connectivity index (χ3v) is 5.32. The van der Waals surface area contributed by atoms with Crippen LogP contribution in [0.25, 0.3) is 10.9 Å². The first-order valence-electron chi connectivity index (χ1n) is 10.2. The molecular weight excluding hydrogens is 357 g/mol. The Morgan fingerprint density at radius 2 is 1.96 bits per heavy atom. The van der Waals surface area contributed by atoms with E-state index in [1.165, 1.54) is 25.0 Å².